The number of nitro benzene ring substituents is 1. The molecule has 0 radical (unpaired) electrons. The second-order valence-electron chi connectivity index (χ2n) is 6.01. The highest BCUT2D eigenvalue weighted by molar-refractivity contribution is 7.89. The SMILES string of the molecule is Cc1cccc(Oc2ccc(S(=O)(=O)NCCN(C)C)cc2[N+](=O)[O-])c1. The van der Waals surface area contributed by atoms with Crippen molar-refractivity contribution >= 4 is 15.7 Å². The van der Waals surface area contributed by atoms with E-state index in [0.717, 1.165) is 11.6 Å². The second kappa shape index (κ2) is 8.26. The van der Waals surface area contributed by atoms with E-state index >= 15 is 0 Å². The summed E-state index contributed by atoms with van der Waals surface area (Å²) < 4.78 is 32.6. The number of benzene rings is 2. The van der Waals surface area contributed by atoms with E-state index < -0.39 is 20.6 Å². The molecule has 0 bridgehead atoms. The van der Waals surface area contributed by atoms with Gasteiger partial charge in [0.1, 0.15) is 5.75 Å². The zero-order valence-electron chi connectivity index (χ0n) is 14.8. The van der Waals surface area contributed by atoms with Crippen molar-refractivity contribution in [3.63, 3.8) is 0 Å². The standard InChI is InChI=1S/C17H21N3O5S/c1-13-5-4-6-14(11-13)25-17-8-7-15(12-16(17)20(21)22)26(23,24)18-9-10-19(2)3/h4-8,11-12,18H,9-10H2,1-3H3. The lowest BCUT2D eigenvalue weighted by Gasteiger charge is -2.12. The summed E-state index contributed by atoms with van der Waals surface area (Å²) in [5.74, 6) is 0.417. The van der Waals surface area contributed by atoms with Crippen molar-refractivity contribution in [2.24, 2.45) is 0 Å². The molecule has 0 amide bonds. The fraction of sp³-hybridized carbons (Fsp3) is 0.294. The van der Waals surface area contributed by atoms with E-state index in [1.807, 2.05) is 32.0 Å². The van der Waals surface area contributed by atoms with Gasteiger partial charge in [-0.2, -0.15) is 0 Å². The van der Waals surface area contributed by atoms with Gasteiger partial charge in [0.15, 0.2) is 0 Å². The van der Waals surface area contributed by atoms with Crippen LogP contribution in [0.2, 0.25) is 0 Å². The van der Waals surface area contributed by atoms with Crippen molar-refractivity contribution in [1.29, 1.82) is 0 Å². The summed E-state index contributed by atoms with van der Waals surface area (Å²) in [7, 11) is -0.213. The first-order chi connectivity index (χ1) is 12.2. The molecule has 9 heteroatoms. The zero-order chi connectivity index (χ0) is 19.3. The van der Waals surface area contributed by atoms with Crippen LogP contribution >= 0.6 is 0 Å². The summed E-state index contributed by atoms with van der Waals surface area (Å²) in [6.07, 6.45) is 0. The third kappa shape index (κ3) is 5.25. The number of hydrogen-bond donors (Lipinski definition) is 1. The number of nitro groups is 1. The fourth-order valence-electron chi connectivity index (χ4n) is 2.19. The Hall–Kier alpha value is -2.49. The maximum Gasteiger partial charge on any atom is 0.312 e. The summed E-state index contributed by atoms with van der Waals surface area (Å²) in [6.45, 7) is 2.58. The number of rotatable bonds is 8. The lowest BCUT2D eigenvalue weighted by molar-refractivity contribution is -0.385. The predicted molar refractivity (Wildman–Crippen MR) is 98.1 cm³/mol. The number of hydrogen-bond acceptors (Lipinski definition) is 6. The van der Waals surface area contributed by atoms with Crippen molar-refractivity contribution in [1.82, 2.24) is 9.62 Å². The molecule has 0 atom stereocenters. The van der Waals surface area contributed by atoms with Gasteiger partial charge in [0, 0.05) is 19.2 Å². The van der Waals surface area contributed by atoms with Gasteiger partial charge in [0.05, 0.1) is 9.82 Å². The maximum atomic E-state index is 12.3. The first kappa shape index (κ1) is 19.8. The van der Waals surface area contributed by atoms with E-state index in [-0.39, 0.29) is 17.2 Å². The predicted octanol–water partition coefficient (Wildman–Crippen LogP) is 2.54. The normalized spacial score (nSPS) is 11.5. The molecule has 2 aromatic carbocycles. The third-order valence-electron chi connectivity index (χ3n) is 3.51. The van der Waals surface area contributed by atoms with Crippen molar-refractivity contribution < 1.29 is 18.1 Å². The van der Waals surface area contributed by atoms with Gasteiger partial charge < -0.3 is 9.64 Å². The Morgan fingerprint density at radius 1 is 1.19 bits per heavy atom. The quantitative estimate of drug-likeness (QED) is 0.559. The van der Waals surface area contributed by atoms with Gasteiger partial charge >= 0.3 is 5.69 Å². The van der Waals surface area contributed by atoms with Crippen molar-refractivity contribution in [3.8, 4) is 11.5 Å². The summed E-state index contributed by atoms with van der Waals surface area (Å²) in [6, 6.07) is 10.6. The third-order valence-corrected chi connectivity index (χ3v) is 4.96. The van der Waals surface area contributed by atoms with Gasteiger partial charge in [0.25, 0.3) is 0 Å². The zero-order valence-corrected chi connectivity index (χ0v) is 15.6. The van der Waals surface area contributed by atoms with Crippen LogP contribution in [-0.4, -0.2) is 45.4 Å². The van der Waals surface area contributed by atoms with Crippen molar-refractivity contribution in [2.45, 2.75) is 11.8 Å². The van der Waals surface area contributed by atoms with Gasteiger partial charge in [-0.3, -0.25) is 10.1 Å². The van der Waals surface area contributed by atoms with Crippen LogP contribution in [0, 0.1) is 17.0 Å². The van der Waals surface area contributed by atoms with E-state index in [9.17, 15) is 18.5 Å². The second-order valence-corrected chi connectivity index (χ2v) is 7.77. The monoisotopic (exact) mass is 379 g/mol. The highest BCUT2D eigenvalue weighted by atomic mass is 32.2. The topological polar surface area (TPSA) is 102 Å². The average molecular weight is 379 g/mol. The molecule has 0 aromatic heterocycles. The highest BCUT2D eigenvalue weighted by Crippen LogP contribution is 2.33. The Labute approximate surface area is 152 Å². The number of aryl methyl sites for hydroxylation is 1. The molecule has 0 spiro atoms. The smallest absolute Gasteiger partial charge is 0.312 e. The number of nitrogens with one attached hydrogen (secondary N) is 1. The first-order valence-electron chi connectivity index (χ1n) is 7.86. The van der Waals surface area contributed by atoms with E-state index in [1.165, 1.54) is 12.1 Å². The average Bonchev–Trinajstić information content (AvgIpc) is 2.54. The Morgan fingerprint density at radius 2 is 1.92 bits per heavy atom. The molecule has 0 aliphatic carbocycles. The van der Waals surface area contributed by atoms with E-state index in [1.54, 1.807) is 18.2 Å². The van der Waals surface area contributed by atoms with Crippen LogP contribution in [0.3, 0.4) is 0 Å². The Bertz CT molecular complexity index is 897. The molecule has 0 saturated carbocycles. The van der Waals surface area contributed by atoms with E-state index in [0.29, 0.717) is 12.3 Å². The molecular weight excluding hydrogens is 358 g/mol. The largest absolute Gasteiger partial charge is 0.450 e. The van der Waals surface area contributed by atoms with E-state index in [4.69, 9.17) is 4.74 Å². The minimum absolute atomic E-state index is 0.0205. The van der Waals surface area contributed by atoms with Gasteiger partial charge in [-0.15, -0.1) is 0 Å². The van der Waals surface area contributed by atoms with Crippen LogP contribution in [0.4, 0.5) is 5.69 Å². The number of sulfonamides is 1. The molecule has 26 heavy (non-hydrogen) atoms. The molecule has 2 aromatic rings. The number of ether oxygens (including phenoxy) is 1. The molecule has 1 N–H and O–H groups in total. The van der Waals surface area contributed by atoms with Gasteiger partial charge in [-0.1, -0.05) is 12.1 Å². The number of nitrogens with zero attached hydrogens (tertiary/aromatic N) is 2. The minimum Gasteiger partial charge on any atom is -0.450 e. The lowest BCUT2D eigenvalue weighted by Crippen LogP contribution is -2.31. The highest BCUT2D eigenvalue weighted by Gasteiger charge is 2.22. The molecule has 0 heterocycles. The summed E-state index contributed by atoms with van der Waals surface area (Å²) in [5.41, 5.74) is 0.524. The maximum absolute atomic E-state index is 12.3. The molecule has 0 fully saturated rings. The molecule has 0 aliphatic rings. The van der Waals surface area contributed by atoms with E-state index in [2.05, 4.69) is 4.72 Å². The molecular formula is C17H21N3O5S. The van der Waals surface area contributed by atoms with Crippen LogP contribution in [0.15, 0.2) is 47.4 Å². The molecule has 0 aliphatic heterocycles. The summed E-state index contributed by atoms with van der Waals surface area (Å²) >= 11 is 0. The fourth-order valence-corrected chi connectivity index (χ4v) is 3.23. The van der Waals surface area contributed by atoms with Gasteiger partial charge in [-0.05, 0) is 50.8 Å². The summed E-state index contributed by atoms with van der Waals surface area (Å²) in [4.78, 5) is 12.3. The van der Waals surface area contributed by atoms with Crippen LogP contribution in [-0.2, 0) is 10.0 Å². The molecule has 0 unspecified atom stereocenters. The van der Waals surface area contributed by atoms with Gasteiger partial charge in [-0.25, -0.2) is 13.1 Å². The molecule has 140 valence electrons. The molecule has 0 saturated heterocycles. The van der Waals surface area contributed by atoms with Crippen LogP contribution in [0.5, 0.6) is 11.5 Å². The summed E-state index contributed by atoms with van der Waals surface area (Å²) in [5, 5.41) is 11.4. The molecule has 8 nitrogen and oxygen atoms in total. The van der Waals surface area contributed by atoms with Crippen molar-refractivity contribution in [3.05, 3.63) is 58.1 Å². The van der Waals surface area contributed by atoms with Crippen molar-refractivity contribution in [2.75, 3.05) is 27.2 Å². The Morgan fingerprint density at radius 3 is 2.54 bits per heavy atom. The molecule has 2 rings (SSSR count). The van der Waals surface area contributed by atoms with Crippen LogP contribution in [0.1, 0.15) is 5.56 Å². The Balaban J connectivity index is 2.29. The number of likely N-dealkylation sites (N-methyl/N-ethyl adjacent to an activating group) is 1. The van der Waals surface area contributed by atoms with Crippen LogP contribution < -0.4 is 9.46 Å². The van der Waals surface area contributed by atoms with Crippen LogP contribution in [0.25, 0.3) is 0 Å². The minimum atomic E-state index is -3.84. The Kier molecular flexibility index (Phi) is 6.30. The lowest BCUT2D eigenvalue weighted by atomic mass is 10.2. The van der Waals surface area contributed by atoms with Gasteiger partial charge in [0.2, 0.25) is 15.8 Å². The first-order valence-corrected chi connectivity index (χ1v) is 9.35.